The van der Waals surface area contributed by atoms with E-state index in [0.29, 0.717) is 0 Å². The minimum atomic E-state index is -1.66. The largest absolute Gasteiger partial charge is 0.507 e. The Hall–Kier alpha value is -4.13. The number of ether oxygens (including phenoxy) is 1. The fraction of sp³-hybridized carbons (Fsp3) is 0.276. The summed E-state index contributed by atoms with van der Waals surface area (Å²) in [6.45, 7) is 10.3. The van der Waals surface area contributed by atoms with E-state index in [-0.39, 0.29) is 33.6 Å². The van der Waals surface area contributed by atoms with Crippen LogP contribution in [0.4, 0.5) is 0 Å². The van der Waals surface area contributed by atoms with Crippen molar-refractivity contribution < 1.29 is 34.4 Å². The summed E-state index contributed by atoms with van der Waals surface area (Å²) in [7, 11) is 0. The second kappa shape index (κ2) is 8.22. The number of phenols is 2. The third-order valence-corrected chi connectivity index (χ3v) is 6.85. The van der Waals surface area contributed by atoms with E-state index >= 15 is 0 Å². The van der Waals surface area contributed by atoms with Gasteiger partial charge in [-0.25, -0.2) is 0 Å². The van der Waals surface area contributed by atoms with Crippen molar-refractivity contribution in [2.75, 3.05) is 0 Å². The molecule has 0 saturated heterocycles. The van der Waals surface area contributed by atoms with Crippen molar-refractivity contribution in [1.29, 1.82) is 0 Å². The number of aliphatic hydroxyl groups is 1. The van der Waals surface area contributed by atoms with Gasteiger partial charge in [-0.05, 0) is 43.4 Å². The van der Waals surface area contributed by atoms with Crippen LogP contribution in [0.25, 0.3) is 6.08 Å². The second-order valence-electron chi connectivity index (χ2n) is 10.4. The summed E-state index contributed by atoms with van der Waals surface area (Å²) in [5, 5.41) is 32.0. The second-order valence-corrected chi connectivity index (χ2v) is 10.4. The molecule has 0 fully saturated rings. The number of aromatic hydroxyl groups is 2. The Morgan fingerprint density at radius 2 is 1.64 bits per heavy atom. The molecule has 1 atom stereocenters. The molecule has 2 aromatic rings. The van der Waals surface area contributed by atoms with Crippen molar-refractivity contribution in [2.45, 2.75) is 52.4 Å². The summed E-state index contributed by atoms with van der Waals surface area (Å²) in [6, 6.07) is 7.71. The van der Waals surface area contributed by atoms with Crippen LogP contribution >= 0.6 is 0 Å². The molecule has 0 saturated carbocycles. The molecular formula is C29H28O7. The molecule has 1 aliphatic carbocycles. The van der Waals surface area contributed by atoms with Crippen LogP contribution in [0.15, 0.2) is 53.5 Å². The van der Waals surface area contributed by atoms with Gasteiger partial charge in [0.15, 0.2) is 17.3 Å². The summed E-state index contributed by atoms with van der Waals surface area (Å²) in [5.41, 5.74) is -0.469. The SMILES string of the molecule is CC(=O)C1=C(O)C=C2Oc3c(C(=O)/C=C/c4ccc(C(C)(C)C)cc4)c(O)c(C)c(O)c3[C@]2(C)C1=O. The number of fused-ring (bicyclic) bond motifs is 3. The monoisotopic (exact) mass is 488 g/mol. The summed E-state index contributed by atoms with van der Waals surface area (Å²) in [4.78, 5) is 38.7. The first kappa shape index (κ1) is 25.0. The van der Waals surface area contributed by atoms with E-state index in [1.165, 1.54) is 19.9 Å². The van der Waals surface area contributed by atoms with Gasteiger partial charge in [-0.15, -0.1) is 0 Å². The number of aliphatic hydroxyl groups excluding tert-OH is 1. The fourth-order valence-electron chi connectivity index (χ4n) is 4.61. The molecule has 1 heterocycles. The third-order valence-electron chi connectivity index (χ3n) is 6.85. The molecule has 0 amide bonds. The number of hydrogen-bond acceptors (Lipinski definition) is 7. The smallest absolute Gasteiger partial charge is 0.193 e. The number of benzene rings is 2. The third kappa shape index (κ3) is 3.63. The molecule has 36 heavy (non-hydrogen) atoms. The fourth-order valence-corrected chi connectivity index (χ4v) is 4.61. The molecule has 0 radical (unpaired) electrons. The molecule has 1 aliphatic heterocycles. The van der Waals surface area contributed by atoms with E-state index in [1.807, 2.05) is 24.3 Å². The van der Waals surface area contributed by atoms with E-state index in [1.54, 1.807) is 6.08 Å². The molecular weight excluding hydrogens is 460 g/mol. The number of rotatable bonds is 4. The zero-order valence-electron chi connectivity index (χ0n) is 21.0. The quantitative estimate of drug-likeness (QED) is 0.310. The molecule has 0 bridgehead atoms. The standard InChI is InChI=1S/C29H28O7/c1-14-24(33)22(18(31)12-9-16-7-10-17(11-8-16)28(3,4)5)26-23(25(14)34)29(6)20(36-26)13-19(32)21(15(2)30)27(29)35/h7-13,32-34H,1-6H3/b12-9+/t29-/m1/s1. The van der Waals surface area contributed by atoms with Gasteiger partial charge in [-0.1, -0.05) is 51.1 Å². The van der Waals surface area contributed by atoms with Gasteiger partial charge in [0.2, 0.25) is 0 Å². The number of hydrogen-bond donors (Lipinski definition) is 3. The lowest BCUT2D eigenvalue weighted by atomic mass is 9.71. The van der Waals surface area contributed by atoms with Crippen molar-refractivity contribution >= 4 is 23.4 Å². The van der Waals surface area contributed by atoms with Gasteiger partial charge >= 0.3 is 0 Å². The number of ketones is 3. The Morgan fingerprint density at radius 1 is 1.03 bits per heavy atom. The lowest BCUT2D eigenvalue weighted by molar-refractivity contribution is -0.123. The highest BCUT2D eigenvalue weighted by atomic mass is 16.5. The van der Waals surface area contributed by atoms with E-state index in [4.69, 9.17) is 4.74 Å². The predicted octanol–water partition coefficient (Wildman–Crippen LogP) is 5.12. The Bertz CT molecular complexity index is 1430. The lowest BCUT2D eigenvalue weighted by Gasteiger charge is -2.28. The van der Waals surface area contributed by atoms with E-state index in [9.17, 15) is 29.7 Å². The van der Waals surface area contributed by atoms with Gasteiger partial charge in [0.1, 0.15) is 45.3 Å². The number of phenolic OH excluding ortho intramolecular Hbond substituents is 2. The van der Waals surface area contributed by atoms with Crippen LogP contribution in [0.5, 0.6) is 17.2 Å². The molecule has 0 unspecified atom stereocenters. The van der Waals surface area contributed by atoms with Gasteiger partial charge in [-0.3, -0.25) is 14.4 Å². The molecule has 0 spiro atoms. The van der Waals surface area contributed by atoms with Gasteiger partial charge < -0.3 is 20.1 Å². The summed E-state index contributed by atoms with van der Waals surface area (Å²) >= 11 is 0. The molecule has 7 nitrogen and oxygen atoms in total. The molecule has 4 rings (SSSR count). The molecule has 2 aliphatic rings. The van der Waals surface area contributed by atoms with Crippen LogP contribution in [0.3, 0.4) is 0 Å². The van der Waals surface area contributed by atoms with Gasteiger partial charge in [0.05, 0.1) is 5.56 Å². The average Bonchev–Trinajstić information content (AvgIpc) is 3.08. The van der Waals surface area contributed by atoms with Crippen LogP contribution < -0.4 is 4.74 Å². The highest BCUT2D eigenvalue weighted by Crippen LogP contribution is 2.57. The number of allylic oxidation sites excluding steroid dienone is 4. The minimum absolute atomic E-state index is 0.0120. The maximum absolute atomic E-state index is 13.3. The molecule has 3 N–H and O–H groups in total. The van der Waals surface area contributed by atoms with Crippen LogP contribution in [-0.4, -0.2) is 32.7 Å². The first-order chi connectivity index (χ1) is 16.7. The first-order valence-electron chi connectivity index (χ1n) is 11.5. The highest BCUT2D eigenvalue weighted by molar-refractivity contribution is 6.26. The average molecular weight is 489 g/mol. The Labute approximate surface area is 209 Å². The van der Waals surface area contributed by atoms with Crippen LogP contribution in [0.2, 0.25) is 0 Å². The number of carbonyl (C=O) groups is 3. The number of carbonyl (C=O) groups excluding carboxylic acids is 3. The van der Waals surface area contributed by atoms with Crippen molar-refractivity contribution in [2.24, 2.45) is 0 Å². The van der Waals surface area contributed by atoms with Gasteiger partial charge in [0, 0.05) is 11.6 Å². The van der Waals surface area contributed by atoms with Crippen molar-refractivity contribution in [3.05, 3.63) is 81.3 Å². The Morgan fingerprint density at radius 3 is 2.19 bits per heavy atom. The summed E-state index contributed by atoms with van der Waals surface area (Å²) in [6.07, 6.45) is 4.00. The molecule has 2 aromatic carbocycles. The molecule has 7 heteroatoms. The highest BCUT2D eigenvalue weighted by Gasteiger charge is 2.55. The lowest BCUT2D eigenvalue weighted by Crippen LogP contribution is -2.38. The molecule has 186 valence electrons. The van der Waals surface area contributed by atoms with Crippen LogP contribution in [0, 0.1) is 6.92 Å². The topological polar surface area (TPSA) is 121 Å². The van der Waals surface area contributed by atoms with Gasteiger partial charge in [0.25, 0.3) is 0 Å². The van der Waals surface area contributed by atoms with Crippen LogP contribution in [-0.2, 0) is 20.4 Å². The van der Waals surface area contributed by atoms with E-state index in [2.05, 4.69) is 20.8 Å². The Kier molecular flexibility index (Phi) is 5.71. The summed E-state index contributed by atoms with van der Waals surface area (Å²) in [5.74, 6) is -3.72. The van der Waals surface area contributed by atoms with Crippen LogP contribution in [0.1, 0.15) is 67.2 Å². The normalized spacial score (nSPS) is 19.2. The first-order valence-corrected chi connectivity index (χ1v) is 11.5. The van der Waals surface area contributed by atoms with E-state index in [0.717, 1.165) is 24.1 Å². The number of Topliss-reactive ketones (excluding diaryl/α,β-unsaturated/α-hetero) is 2. The zero-order chi connectivity index (χ0) is 26.7. The van der Waals surface area contributed by atoms with Gasteiger partial charge in [-0.2, -0.15) is 0 Å². The Balaban J connectivity index is 1.81. The summed E-state index contributed by atoms with van der Waals surface area (Å²) < 4.78 is 5.82. The maximum atomic E-state index is 13.3. The van der Waals surface area contributed by atoms with Crippen molar-refractivity contribution in [3.8, 4) is 17.2 Å². The maximum Gasteiger partial charge on any atom is 0.193 e. The van der Waals surface area contributed by atoms with Crippen molar-refractivity contribution in [3.63, 3.8) is 0 Å². The zero-order valence-corrected chi connectivity index (χ0v) is 21.0. The minimum Gasteiger partial charge on any atom is -0.507 e. The van der Waals surface area contributed by atoms with Crippen molar-refractivity contribution in [1.82, 2.24) is 0 Å². The molecule has 0 aromatic heterocycles. The van der Waals surface area contributed by atoms with E-state index < -0.39 is 45.6 Å². The predicted molar refractivity (Wildman–Crippen MR) is 134 cm³/mol.